The molecule has 1 unspecified atom stereocenters. The van der Waals surface area contributed by atoms with Crippen LogP contribution in [0.5, 0.6) is 0 Å². The fourth-order valence-corrected chi connectivity index (χ4v) is 6.83. The molecular weight excluding hydrogens is 446 g/mol. The number of nitrogens with zero attached hydrogens (tertiary/aromatic N) is 3. The third-order valence-corrected chi connectivity index (χ3v) is 8.58. The molecule has 0 bridgehead atoms. The van der Waals surface area contributed by atoms with Crippen LogP contribution in [0.4, 0.5) is 5.69 Å². The van der Waals surface area contributed by atoms with Crippen LogP contribution in [0, 0.1) is 0 Å². The van der Waals surface area contributed by atoms with Crippen molar-refractivity contribution < 1.29 is 17.6 Å². The van der Waals surface area contributed by atoms with Crippen molar-refractivity contribution in [2.24, 2.45) is 5.10 Å². The first-order chi connectivity index (χ1) is 15.5. The number of rotatable bonds is 4. The molecule has 0 N–H and O–H groups in total. The van der Waals surface area contributed by atoms with E-state index in [-0.39, 0.29) is 17.5 Å². The highest BCUT2D eigenvalue weighted by Crippen LogP contribution is 2.42. The van der Waals surface area contributed by atoms with Gasteiger partial charge in [-0.15, -0.1) is 11.3 Å². The van der Waals surface area contributed by atoms with Gasteiger partial charge in [-0.25, -0.2) is 13.4 Å². The lowest BCUT2D eigenvalue weighted by atomic mass is 10.1. The molecule has 9 heteroatoms. The molecule has 6 rings (SSSR count). The Kier molecular flexibility index (Phi) is 4.24. The van der Waals surface area contributed by atoms with Crippen molar-refractivity contribution in [3.05, 3.63) is 82.9 Å². The zero-order valence-corrected chi connectivity index (χ0v) is 18.3. The van der Waals surface area contributed by atoms with E-state index < -0.39 is 15.9 Å². The van der Waals surface area contributed by atoms with Gasteiger partial charge in [0, 0.05) is 16.7 Å². The van der Waals surface area contributed by atoms with Crippen molar-refractivity contribution in [2.75, 3.05) is 10.8 Å². The summed E-state index contributed by atoms with van der Waals surface area (Å²) < 4.78 is 33.2. The number of anilines is 1. The second kappa shape index (κ2) is 7.04. The van der Waals surface area contributed by atoms with Gasteiger partial charge in [0.15, 0.2) is 0 Å². The SMILES string of the molecule is O=C(CN1c2cccc3cccc(c23)S1(=O)=O)N1N=C(c2ccco2)CC1c1cccs1. The van der Waals surface area contributed by atoms with Crippen molar-refractivity contribution in [3.8, 4) is 0 Å². The molecule has 0 fully saturated rings. The summed E-state index contributed by atoms with van der Waals surface area (Å²) in [6.45, 7) is -0.326. The van der Waals surface area contributed by atoms with E-state index in [2.05, 4.69) is 5.10 Å². The maximum Gasteiger partial charge on any atom is 0.265 e. The summed E-state index contributed by atoms with van der Waals surface area (Å²) in [5.41, 5.74) is 1.19. The van der Waals surface area contributed by atoms with Crippen molar-refractivity contribution in [1.29, 1.82) is 0 Å². The molecule has 0 radical (unpaired) electrons. The lowest BCUT2D eigenvalue weighted by Gasteiger charge is -2.24. The molecule has 32 heavy (non-hydrogen) atoms. The predicted octanol–water partition coefficient (Wildman–Crippen LogP) is 4.38. The average Bonchev–Trinajstić information content (AvgIpc) is 3.57. The van der Waals surface area contributed by atoms with Crippen LogP contribution in [0.3, 0.4) is 0 Å². The number of amides is 1. The summed E-state index contributed by atoms with van der Waals surface area (Å²) in [7, 11) is -3.83. The van der Waals surface area contributed by atoms with Crippen LogP contribution < -0.4 is 4.31 Å². The first kappa shape index (κ1) is 19.3. The highest BCUT2D eigenvalue weighted by molar-refractivity contribution is 7.93. The minimum absolute atomic E-state index is 0.231. The Labute approximate surface area is 188 Å². The quantitative estimate of drug-likeness (QED) is 0.450. The van der Waals surface area contributed by atoms with Crippen molar-refractivity contribution in [3.63, 3.8) is 0 Å². The Morgan fingerprint density at radius 3 is 2.69 bits per heavy atom. The number of carbonyl (C=O) groups is 1. The van der Waals surface area contributed by atoms with Crippen molar-refractivity contribution in [1.82, 2.24) is 5.01 Å². The number of hydrogen-bond acceptors (Lipinski definition) is 6. The van der Waals surface area contributed by atoms with Gasteiger partial charge in [0.05, 0.1) is 22.9 Å². The second-order valence-corrected chi connectivity index (χ2v) is 10.5. The Bertz CT molecular complexity index is 1470. The smallest absolute Gasteiger partial charge is 0.265 e. The van der Waals surface area contributed by atoms with E-state index >= 15 is 0 Å². The Hall–Kier alpha value is -3.43. The zero-order valence-electron chi connectivity index (χ0n) is 16.7. The molecule has 2 aliphatic rings. The lowest BCUT2D eigenvalue weighted by Crippen LogP contribution is -2.39. The van der Waals surface area contributed by atoms with Gasteiger partial charge < -0.3 is 4.42 Å². The zero-order chi connectivity index (χ0) is 21.9. The first-order valence-corrected chi connectivity index (χ1v) is 12.4. The number of benzene rings is 2. The van der Waals surface area contributed by atoms with Gasteiger partial charge in [0.1, 0.15) is 18.0 Å². The second-order valence-electron chi connectivity index (χ2n) is 7.64. The summed E-state index contributed by atoms with van der Waals surface area (Å²) in [5.74, 6) is 0.214. The monoisotopic (exact) mass is 463 g/mol. The highest BCUT2D eigenvalue weighted by atomic mass is 32.2. The summed E-state index contributed by atoms with van der Waals surface area (Å²) >= 11 is 1.54. The van der Waals surface area contributed by atoms with E-state index in [0.717, 1.165) is 10.3 Å². The summed E-state index contributed by atoms with van der Waals surface area (Å²) in [6, 6.07) is 17.8. The molecule has 2 aliphatic heterocycles. The normalized spacial score (nSPS) is 19.0. The average molecular weight is 464 g/mol. The van der Waals surface area contributed by atoms with E-state index in [1.54, 1.807) is 42.7 Å². The predicted molar refractivity (Wildman–Crippen MR) is 122 cm³/mol. The summed E-state index contributed by atoms with van der Waals surface area (Å²) in [5, 5.41) is 9.38. The van der Waals surface area contributed by atoms with Crippen LogP contribution >= 0.6 is 11.3 Å². The fraction of sp³-hybridized carbons (Fsp3) is 0.130. The van der Waals surface area contributed by atoms with E-state index in [1.807, 2.05) is 29.6 Å². The van der Waals surface area contributed by atoms with Gasteiger partial charge >= 0.3 is 0 Å². The number of thiophene rings is 1. The molecule has 1 atom stereocenters. The number of carbonyl (C=O) groups excluding carboxylic acids is 1. The van der Waals surface area contributed by atoms with Crippen LogP contribution in [0.1, 0.15) is 23.1 Å². The molecule has 0 saturated carbocycles. The Balaban J connectivity index is 1.38. The fourth-order valence-electron chi connectivity index (χ4n) is 4.36. The van der Waals surface area contributed by atoms with Gasteiger partial charge in [-0.05, 0) is 41.1 Å². The molecule has 2 aromatic carbocycles. The molecule has 4 heterocycles. The van der Waals surface area contributed by atoms with E-state index in [0.29, 0.717) is 29.0 Å². The van der Waals surface area contributed by atoms with Gasteiger partial charge in [0.25, 0.3) is 15.9 Å². The van der Waals surface area contributed by atoms with Crippen LogP contribution in [0.15, 0.2) is 86.7 Å². The molecule has 0 aliphatic carbocycles. The molecule has 160 valence electrons. The molecule has 7 nitrogen and oxygen atoms in total. The largest absolute Gasteiger partial charge is 0.463 e. The molecule has 1 amide bonds. The van der Waals surface area contributed by atoms with Crippen molar-refractivity contribution in [2.45, 2.75) is 17.4 Å². The third kappa shape index (κ3) is 2.81. The van der Waals surface area contributed by atoms with Gasteiger partial charge in [0.2, 0.25) is 0 Å². The van der Waals surface area contributed by atoms with E-state index in [9.17, 15) is 13.2 Å². The number of furan rings is 1. The van der Waals surface area contributed by atoms with Crippen molar-refractivity contribution >= 4 is 49.4 Å². The highest BCUT2D eigenvalue weighted by Gasteiger charge is 2.40. The van der Waals surface area contributed by atoms with Crippen LogP contribution in [-0.4, -0.2) is 31.6 Å². The van der Waals surface area contributed by atoms with Crippen LogP contribution in [0.25, 0.3) is 10.8 Å². The molecule has 0 spiro atoms. The molecular formula is C23H17N3O4S2. The first-order valence-electron chi connectivity index (χ1n) is 10.1. The maximum absolute atomic E-state index is 13.5. The van der Waals surface area contributed by atoms with Gasteiger partial charge in [-0.3, -0.25) is 9.10 Å². The Morgan fingerprint density at radius 1 is 1.09 bits per heavy atom. The number of hydrazone groups is 1. The summed E-state index contributed by atoms with van der Waals surface area (Å²) in [4.78, 5) is 14.7. The molecule has 0 saturated heterocycles. The number of hydrogen-bond donors (Lipinski definition) is 0. The maximum atomic E-state index is 13.5. The van der Waals surface area contributed by atoms with Crippen LogP contribution in [0.2, 0.25) is 0 Å². The minimum atomic E-state index is -3.83. The van der Waals surface area contributed by atoms with Gasteiger partial charge in [-0.1, -0.05) is 30.3 Å². The third-order valence-electron chi connectivity index (χ3n) is 5.80. The number of sulfonamides is 1. The standard InChI is InChI=1S/C23H17N3O4S2/c27-22(14-25-17-7-1-5-15-6-2-10-21(23(15)17)32(25,28)29)26-18(20-9-4-12-31-20)13-16(24-26)19-8-3-11-30-19/h1-12,18H,13-14H2. The van der Waals surface area contributed by atoms with Gasteiger partial charge in [-0.2, -0.15) is 5.10 Å². The lowest BCUT2D eigenvalue weighted by molar-refractivity contribution is -0.131. The Morgan fingerprint density at radius 2 is 1.94 bits per heavy atom. The van der Waals surface area contributed by atoms with E-state index in [1.165, 1.54) is 20.7 Å². The molecule has 4 aromatic rings. The van der Waals surface area contributed by atoms with E-state index in [4.69, 9.17) is 4.42 Å². The summed E-state index contributed by atoms with van der Waals surface area (Å²) in [6.07, 6.45) is 2.07. The minimum Gasteiger partial charge on any atom is -0.463 e. The molecule has 2 aromatic heterocycles. The topological polar surface area (TPSA) is 83.2 Å². The van der Waals surface area contributed by atoms with Crippen LogP contribution in [-0.2, 0) is 14.8 Å².